The number of nitrogens with zero attached hydrogens (tertiary/aromatic N) is 7. The van der Waals surface area contributed by atoms with Gasteiger partial charge in [0.1, 0.15) is 6.17 Å². The second-order valence-electron chi connectivity index (χ2n) is 13.7. The first-order chi connectivity index (χ1) is 21.2. The number of rotatable bonds is 9. The Hall–Kier alpha value is -4.46. The van der Waals surface area contributed by atoms with Crippen LogP contribution in [0, 0.1) is 11.3 Å². The van der Waals surface area contributed by atoms with Gasteiger partial charge in [-0.05, 0) is 52.1 Å². The van der Waals surface area contributed by atoms with Gasteiger partial charge in [-0.25, -0.2) is 4.99 Å². The molecular formula is C36H44N8. The molecule has 6 rings (SSSR count). The van der Waals surface area contributed by atoms with Crippen molar-refractivity contribution in [2.75, 3.05) is 13.2 Å². The van der Waals surface area contributed by atoms with Gasteiger partial charge in [-0.2, -0.15) is 5.21 Å². The number of aromatic amines is 1. The van der Waals surface area contributed by atoms with Crippen LogP contribution >= 0.6 is 0 Å². The van der Waals surface area contributed by atoms with Gasteiger partial charge in [-0.3, -0.25) is 0 Å². The fourth-order valence-electron chi connectivity index (χ4n) is 6.23. The quantitative estimate of drug-likeness (QED) is 0.220. The highest BCUT2D eigenvalue weighted by molar-refractivity contribution is 6.00. The molecule has 0 saturated heterocycles. The molecule has 0 aliphatic carbocycles. The van der Waals surface area contributed by atoms with E-state index in [2.05, 4.69) is 144 Å². The average Bonchev–Trinajstić information content (AvgIpc) is 3.66. The minimum absolute atomic E-state index is 0.0801. The van der Waals surface area contributed by atoms with Crippen molar-refractivity contribution in [3.05, 3.63) is 102 Å². The number of hydrogen-bond acceptors (Lipinski definition) is 7. The molecule has 3 aromatic carbocycles. The predicted octanol–water partition coefficient (Wildman–Crippen LogP) is 7.34. The third-order valence-electron chi connectivity index (χ3n) is 8.38. The Bertz CT molecular complexity index is 1600. The van der Waals surface area contributed by atoms with Crippen LogP contribution in [0.5, 0.6) is 0 Å². The highest BCUT2D eigenvalue weighted by Crippen LogP contribution is 2.37. The Kier molecular flexibility index (Phi) is 8.25. The van der Waals surface area contributed by atoms with Crippen LogP contribution in [0.15, 0.2) is 95.8 Å². The molecule has 2 aliphatic rings. The number of amidine groups is 1. The fourth-order valence-corrected chi connectivity index (χ4v) is 6.23. The highest BCUT2D eigenvalue weighted by Gasteiger charge is 2.39. The molecule has 1 N–H and O–H groups in total. The van der Waals surface area contributed by atoms with Crippen molar-refractivity contribution < 1.29 is 0 Å². The lowest BCUT2D eigenvalue weighted by Gasteiger charge is -2.41. The van der Waals surface area contributed by atoms with Crippen LogP contribution in [-0.4, -0.2) is 60.5 Å². The van der Waals surface area contributed by atoms with Gasteiger partial charge >= 0.3 is 0 Å². The zero-order valence-electron chi connectivity index (χ0n) is 26.8. The van der Waals surface area contributed by atoms with E-state index in [1.807, 2.05) is 18.2 Å². The first-order valence-corrected chi connectivity index (χ1v) is 15.7. The van der Waals surface area contributed by atoms with Crippen molar-refractivity contribution in [1.82, 2.24) is 35.3 Å². The Balaban J connectivity index is 1.33. The lowest BCUT2D eigenvalue weighted by atomic mass is 9.90. The Morgan fingerprint density at radius 1 is 0.886 bits per heavy atom. The maximum absolute atomic E-state index is 5.43. The summed E-state index contributed by atoms with van der Waals surface area (Å²) in [6.07, 6.45) is 3.43. The molecule has 2 unspecified atom stereocenters. The van der Waals surface area contributed by atoms with Crippen molar-refractivity contribution in [2.45, 2.75) is 66.7 Å². The van der Waals surface area contributed by atoms with Crippen LogP contribution in [0.3, 0.4) is 0 Å². The van der Waals surface area contributed by atoms with Crippen molar-refractivity contribution in [3.63, 3.8) is 0 Å². The predicted molar refractivity (Wildman–Crippen MR) is 177 cm³/mol. The van der Waals surface area contributed by atoms with E-state index in [1.165, 1.54) is 16.8 Å². The Morgan fingerprint density at radius 3 is 2.25 bits per heavy atom. The lowest BCUT2D eigenvalue weighted by molar-refractivity contribution is 0.166. The standard InChI is InChI=1S/C36H44N8/c1-25(2)21-43-24-42(26(3)28-12-8-7-9-13-28)23-32-35(43)37-33(20-36(4,5)6)44(32)22-27-16-18-29(19-17-27)30-14-10-11-15-31(30)34-38-40-41-39-34/h7-19,23,25-26,33H,20-22,24H2,1-6H3,(H,38,39,40,41). The molecule has 0 amide bonds. The fraction of sp³-hybridized carbons (Fsp3) is 0.389. The summed E-state index contributed by atoms with van der Waals surface area (Å²) < 4.78 is 0. The molecule has 8 nitrogen and oxygen atoms in total. The van der Waals surface area contributed by atoms with Crippen molar-refractivity contribution in [2.24, 2.45) is 16.3 Å². The first kappa shape index (κ1) is 29.6. The number of benzene rings is 3. The summed E-state index contributed by atoms with van der Waals surface area (Å²) in [7, 11) is 0. The van der Waals surface area contributed by atoms with Crippen LogP contribution in [0.1, 0.15) is 65.1 Å². The summed E-state index contributed by atoms with van der Waals surface area (Å²) in [6.45, 7) is 16.4. The normalized spacial score (nSPS) is 17.5. The van der Waals surface area contributed by atoms with E-state index in [-0.39, 0.29) is 17.6 Å². The minimum Gasteiger partial charge on any atom is -0.351 e. The summed E-state index contributed by atoms with van der Waals surface area (Å²) in [5.41, 5.74) is 7.11. The van der Waals surface area contributed by atoms with Crippen LogP contribution in [0.2, 0.25) is 0 Å². The van der Waals surface area contributed by atoms with E-state index in [9.17, 15) is 0 Å². The zero-order chi connectivity index (χ0) is 30.8. The van der Waals surface area contributed by atoms with Gasteiger partial charge < -0.3 is 14.7 Å². The summed E-state index contributed by atoms with van der Waals surface area (Å²) in [4.78, 5) is 12.9. The molecule has 0 saturated carbocycles. The summed E-state index contributed by atoms with van der Waals surface area (Å²) in [5.74, 6) is 2.26. The molecule has 0 radical (unpaired) electrons. The number of aliphatic imine (C=N–C) groups is 1. The molecule has 0 bridgehead atoms. The molecule has 3 heterocycles. The number of hydrogen-bond donors (Lipinski definition) is 1. The average molecular weight is 589 g/mol. The molecule has 4 aromatic rings. The van der Waals surface area contributed by atoms with Gasteiger partial charge in [0.25, 0.3) is 0 Å². The molecule has 1 aromatic heterocycles. The van der Waals surface area contributed by atoms with Crippen LogP contribution in [0.4, 0.5) is 0 Å². The second kappa shape index (κ2) is 12.3. The monoisotopic (exact) mass is 588 g/mol. The van der Waals surface area contributed by atoms with Crippen LogP contribution in [-0.2, 0) is 6.54 Å². The van der Waals surface area contributed by atoms with Crippen molar-refractivity contribution in [1.29, 1.82) is 0 Å². The first-order valence-electron chi connectivity index (χ1n) is 15.7. The maximum atomic E-state index is 5.43. The third kappa shape index (κ3) is 6.39. The second-order valence-corrected chi connectivity index (χ2v) is 13.7. The van der Waals surface area contributed by atoms with Gasteiger partial charge in [0.2, 0.25) is 5.82 Å². The van der Waals surface area contributed by atoms with E-state index in [4.69, 9.17) is 4.99 Å². The van der Waals surface area contributed by atoms with Gasteiger partial charge in [-0.15, -0.1) is 10.2 Å². The number of nitrogens with one attached hydrogen (secondary N) is 1. The van der Waals surface area contributed by atoms with Crippen molar-refractivity contribution >= 4 is 5.84 Å². The maximum Gasteiger partial charge on any atom is 0.205 e. The zero-order valence-corrected chi connectivity index (χ0v) is 26.8. The van der Waals surface area contributed by atoms with Gasteiger partial charge in [-0.1, -0.05) is 113 Å². The van der Waals surface area contributed by atoms with Crippen LogP contribution in [0.25, 0.3) is 22.5 Å². The van der Waals surface area contributed by atoms with E-state index in [1.54, 1.807) is 0 Å². The Morgan fingerprint density at radius 2 is 1.59 bits per heavy atom. The number of tetrazole rings is 1. The molecule has 0 spiro atoms. The molecule has 2 atom stereocenters. The smallest absolute Gasteiger partial charge is 0.205 e. The molecule has 44 heavy (non-hydrogen) atoms. The van der Waals surface area contributed by atoms with Gasteiger partial charge in [0.15, 0.2) is 5.84 Å². The van der Waals surface area contributed by atoms with E-state index >= 15 is 0 Å². The lowest BCUT2D eigenvalue weighted by Crippen LogP contribution is -2.47. The van der Waals surface area contributed by atoms with Crippen molar-refractivity contribution in [3.8, 4) is 22.5 Å². The van der Waals surface area contributed by atoms with Crippen LogP contribution < -0.4 is 0 Å². The SMILES string of the molecule is CC(C)CN1CN(C(C)c2ccccc2)C=C2C1=NC(CC(C)(C)C)N2Cc1ccc(-c2ccccc2-c2nn[nH]n2)cc1. The Labute approximate surface area is 261 Å². The van der Waals surface area contributed by atoms with E-state index in [0.717, 1.165) is 48.7 Å². The summed E-state index contributed by atoms with van der Waals surface area (Å²) in [5, 5.41) is 14.8. The summed E-state index contributed by atoms with van der Waals surface area (Å²) in [6, 6.07) is 28.2. The van der Waals surface area contributed by atoms with Gasteiger partial charge in [0, 0.05) is 24.9 Å². The molecule has 228 valence electrons. The molecule has 2 aliphatic heterocycles. The topological polar surface area (TPSA) is 76.5 Å². The molecule has 0 fully saturated rings. The van der Waals surface area contributed by atoms with E-state index in [0.29, 0.717) is 11.7 Å². The number of H-pyrrole nitrogens is 1. The summed E-state index contributed by atoms with van der Waals surface area (Å²) >= 11 is 0. The molecule has 8 heteroatoms. The van der Waals surface area contributed by atoms with Gasteiger partial charge in [0.05, 0.1) is 18.4 Å². The number of fused-ring (bicyclic) bond motifs is 1. The minimum atomic E-state index is 0.0801. The van der Waals surface area contributed by atoms with E-state index < -0.39 is 0 Å². The third-order valence-corrected chi connectivity index (χ3v) is 8.38. The molecular weight excluding hydrogens is 544 g/mol. The highest BCUT2D eigenvalue weighted by atomic mass is 15.5. The number of aromatic nitrogens is 4. The largest absolute Gasteiger partial charge is 0.351 e.